The van der Waals surface area contributed by atoms with Gasteiger partial charge in [0.1, 0.15) is 0 Å². The predicted octanol–water partition coefficient (Wildman–Crippen LogP) is 2.69. The third-order valence-electron chi connectivity index (χ3n) is 1.46. The summed E-state index contributed by atoms with van der Waals surface area (Å²) >= 11 is 0. The molecule has 0 aromatic carbocycles. The van der Waals surface area contributed by atoms with Crippen LogP contribution < -0.4 is 0 Å². The highest BCUT2D eigenvalue weighted by Gasteiger charge is 2.22. The fraction of sp³-hybridized carbons (Fsp3) is 0.636. The fourth-order valence-corrected chi connectivity index (χ4v) is 2.31. The van der Waals surface area contributed by atoms with Crippen LogP contribution in [0.2, 0.25) is 39.3 Å². The second kappa shape index (κ2) is 5.64. The van der Waals surface area contributed by atoms with Gasteiger partial charge in [-0.1, -0.05) is 0 Å². The smallest absolute Gasteiger partial charge is 0.320 e. The second-order valence-electron chi connectivity index (χ2n) is 5.86. The summed E-state index contributed by atoms with van der Waals surface area (Å²) in [4.78, 5) is 23.1. The summed E-state index contributed by atoms with van der Waals surface area (Å²) in [5.74, 6) is -0.897. The van der Waals surface area contributed by atoms with Crippen LogP contribution in [0.3, 0.4) is 0 Å². The molecule has 4 nitrogen and oxygen atoms in total. The van der Waals surface area contributed by atoms with Gasteiger partial charge in [-0.3, -0.25) is 0 Å². The van der Waals surface area contributed by atoms with E-state index in [2.05, 4.69) is 0 Å². The van der Waals surface area contributed by atoms with Gasteiger partial charge in [-0.15, -0.1) is 0 Å². The first-order valence-electron chi connectivity index (χ1n) is 5.55. The Kier molecular flexibility index (Phi) is 5.34. The van der Waals surface area contributed by atoms with Gasteiger partial charge in [-0.05, 0) is 46.2 Å². The van der Waals surface area contributed by atoms with Gasteiger partial charge < -0.3 is 8.85 Å². The number of carbonyl (C=O) groups excluding carboxylic acids is 2. The molecule has 0 aromatic heterocycles. The van der Waals surface area contributed by atoms with Crippen LogP contribution >= 0.6 is 0 Å². The third kappa shape index (κ3) is 8.87. The highest BCUT2D eigenvalue weighted by atomic mass is 28.4. The van der Waals surface area contributed by atoms with Crippen molar-refractivity contribution in [3.05, 3.63) is 11.6 Å². The number of hydrogen-bond acceptors (Lipinski definition) is 4. The zero-order valence-corrected chi connectivity index (χ0v) is 13.7. The van der Waals surface area contributed by atoms with E-state index in [1.54, 1.807) is 6.92 Å². The molecule has 17 heavy (non-hydrogen) atoms. The van der Waals surface area contributed by atoms with E-state index in [4.69, 9.17) is 8.85 Å². The molecular weight excluding hydrogens is 252 g/mol. The molecule has 6 heteroatoms. The standard InChI is InChI=1S/C11H22O4Si2/c1-9(11(13)15-17(5,6)7)8-10(12)14-16(2,3)4/h8H,1-7H3/b9-8+. The van der Waals surface area contributed by atoms with E-state index in [0.29, 0.717) is 0 Å². The summed E-state index contributed by atoms with van der Waals surface area (Å²) in [5, 5.41) is 0. The lowest BCUT2D eigenvalue weighted by molar-refractivity contribution is -0.133. The molecule has 0 saturated carbocycles. The Morgan fingerprint density at radius 1 is 0.882 bits per heavy atom. The van der Waals surface area contributed by atoms with Crippen molar-refractivity contribution in [2.45, 2.75) is 46.2 Å². The van der Waals surface area contributed by atoms with Crippen molar-refractivity contribution in [1.82, 2.24) is 0 Å². The lowest BCUT2D eigenvalue weighted by Crippen LogP contribution is -2.31. The first-order valence-corrected chi connectivity index (χ1v) is 12.4. The summed E-state index contributed by atoms with van der Waals surface area (Å²) < 4.78 is 10.5. The summed E-state index contributed by atoms with van der Waals surface area (Å²) in [7, 11) is -3.82. The molecule has 0 spiro atoms. The molecule has 0 N–H and O–H groups in total. The minimum absolute atomic E-state index is 0.288. The average molecular weight is 274 g/mol. The van der Waals surface area contributed by atoms with Crippen molar-refractivity contribution in [2.24, 2.45) is 0 Å². The summed E-state index contributed by atoms with van der Waals surface area (Å²) in [6.07, 6.45) is 1.21. The molecule has 0 heterocycles. The maximum Gasteiger partial charge on any atom is 0.320 e. The van der Waals surface area contributed by atoms with Crippen molar-refractivity contribution in [2.75, 3.05) is 0 Å². The monoisotopic (exact) mass is 274 g/mol. The summed E-state index contributed by atoms with van der Waals surface area (Å²) in [6.45, 7) is 13.0. The number of rotatable bonds is 4. The molecule has 0 rings (SSSR count). The van der Waals surface area contributed by atoms with E-state index < -0.39 is 28.6 Å². The van der Waals surface area contributed by atoms with Gasteiger partial charge in [-0.25, -0.2) is 9.59 Å². The molecular formula is C11H22O4Si2. The van der Waals surface area contributed by atoms with E-state index in [1.807, 2.05) is 39.3 Å². The molecule has 0 radical (unpaired) electrons. The number of hydrogen-bond donors (Lipinski definition) is 0. The van der Waals surface area contributed by atoms with Gasteiger partial charge in [0, 0.05) is 11.6 Å². The fourth-order valence-electron chi connectivity index (χ4n) is 0.926. The average Bonchev–Trinajstić information content (AvgIpc) is 1.95. The molecule has 0 aliphatic carbocycles. The van der Waals surface area contributed by atoms with Gasteiger partial charge in [0.2, 0.25) is 16.6 Å². The molecule has 0 fully saturated rings. The maximum atomic E-state index is 11.6. The van der Waals surface area contributed by atoms with Gasteiger partial charge >= 0.3 is 11.9 Å². The van der Waals surface area contributed by atoms with E-state index in [9.17, 15) is 9.59 Å². The molecule has 0 atom stereocenters. The van der Waals surface area contributed by atoms with Gasteiger partial charge in [-0.2, -0.15) is 0 Å². The van der Waals surface area contributed by atoms with Crippen LogP contribution in [0.15, 0.2) is 11.6 Å². The largest absolute Gasteiger partial charge is 0.517 e. The number of carbonyl (C=O) groups is 2. The van der Waals surface area contributed by atoms with E-state index >= 15 is 0 Å². The third-order valence-corrected chi connectivity index (χ3v) is 3.07. The second-order valence-corrected chi connectivity index (χ2v) is 14.7. The van der Waals surface area contributed by atoms with Crippen molar-refractivity contribution >= 4 is 28.6 Å². The van der Waals surface area contributed by atoms with Gasteiger partial charge in [0.15, 0.2) is 0 Å². The first-order chi connectivity index (χ1) is 7.41. The topological polar surface area (TPSA) is 52.6 Å². The van der Waals surface area contributed by atoms with Crippen LogP contribution in [0, 0.1) is 0 Å². The molecule has 0 aromatic rings. The van der Waals surface area contributed by atoms with Crippen LogP contribution in [0.4, 0.5) is 0 Å². The highest BCUT2D eigenvalue weighted by molar-refractivity contribution is 6.71. The molecule has 98 valence electrons. The normalized spacial score (nSPS) is 13.2. The minimum Gasteiger partial charge on any atom is -0.517 e. The SMILES string of the molecule is C/C(=C\C(=O)O[Si](C)(C)C)C(=O)O[Si](C)(C)C. The quantitative estimate of drug-likeness (QED) is 0.584. The summed E-state index contributed by atoms with van der Waals surface area (Å²) in [5.41, 5.74) is 0.288. The van der Waals surface area contributed by atoms with Crippen LogP contribution in [-0.2, 0) is 18.4 Å². The Morgan fingerprint density at radius 2 is 1.29 bits per heavy atom. The van der Waals surface area contributed by atoms with Crippen LogP contribution in [0.1, 0.15) is 6.92 Å². The Balaban J connectivity index is 4.55. The molecule has 0 aliphatic rings. The Morgan fingerprint density at radius 3 is 1.65 bits per heavy atom. The Labute approximate surface area is 105 Å². The van der Waals surface area contributed by atoms with Crippen LogP contribution in [0.25, 0.3) is 0 Å². The van der Waals surface area contributed by atoms with E-state index in [0.717, 1.165) is 0 Å². The van der Waals surface area contributed by atoms with Crippen LogP contribution in [0.5, 0.6) is 0 Å². The zero-order valence-electron chi connectivity index (χ0n) is 11.7. The molecule has 0 aliphatic heterocycles. The molecule has 0 unspecified atom stereocenters. The van der Waals surface area contributed by atoms with Crippen molar-refractivity contribution in [3.8, 4) is 0 Å². The highest BCUT2D eigenvalue weighted by Crippen LogP contribution is 2.09. The van der Waals surface area contributed by atoms with Crippen LogP contribution in [-0.4, -0.2) is 28.6 Å². The van der Waals surface area contributed by atoms with Gasteiger partial charge in [0.25, 0.3) is 0 Å². The van der Waals surface area contributed by atoms with Gasteiger partial charge in [0.05, 0.1) is 0 Å². The molecule has 0 saturated heterocycles. The molecule has 0 bridgehead atoms. The zero-order chi connectivity index (χ0) is 13.9. The molecule has 0 amide bonds. The predicted molar refractivity (Wildman–Crippen MR) is 72.6 cm³/mol. The van der Waals surface area contributed by atoms with Crippen molar-refractivity contribution < 1.29 is 18.4 Å². The van der Waals surface area contributed by atoms with Crippen molar-refractivity contribution in [3.63, 3.8) is 0 Å². The lowest BCUT2D eigenvalue weighted by Gasteiger charge is -2.18. The Hall–Kier alpha value is -0.886. The maximum absolute atomic E-state index is 11.6. The Bertz CT molecular complexity index is 334. The first kappa shape index (κ1) is 16.1. The lowest BCUT2D eigenvalue weighted by atomic mass is 10.3. The van der Waals surface area contributed by atoms with E-state index in [1.165, 1.54) is 6.08 Å². The minimum atomic E-state index is -1.91. The van der Waals surface area contributed by atoms with Crippen molar-refractivity contribution in [1.29, 1.82) is 0 Å². The van der Waals surface area contributed by atoms with E-state index in [-0.39, 0.29) is 5.57 Å². The summed E-state index contributed by atoms with van der Waals surface area (Å²) in [6, 6.07) is 0.